The van der Waals surface area contributed by atoms with Gasteiger partial charge in [-0.2, -0.15) is 0 Å². The predicted octanol–water partition coefficient (Wildman–Crippen LogP) is 3.39. The Morgan fingerprint density at radius 3 is 2.86 bits per heavy atom. The number of anilines is 1. The van der Waals surface area contributed by atoms with Crippen molar-refractivity contribution in [1.82, 2.24) is 4.90 Å². The summed E-state index contributed by atoms with van der Waals surface area (Å²) in [6.07, 6.45) is 0. The summed E-state index contributed by atoms with van der Waals surface area (Å²) in [7, 11) is 3.56. The second kappa shape index (κ2) is 7.24. The topological polar surface area (TPSA) is 41.6 Å². The molecule has 112 valence electrons. The summed E-state index contributed by atoms with van der Waals surface area (Å²) in [6, 6.07) is 11.7. The number of nitrogens with one attached hydrogen (secondary N) is 1. The third-order valence-electron chi connectivity index (χ3n) is 3.36. The predicted molar refractivity (Wildman–Crippen MR) is 87.0 cm³/mol. The van der Waals surface area contributed by atoms with E-state index in [1.807, 2.05) is 36.2 Å². The van der Waals surface area contributed by atoms with E-state index in [1.165, 1.54) is 4.88 Å². The molecule has 1 aromatic heterocycles. The van der Waals surface area contributed by atoms with Crippen LogP contribution in [0.3, 0.4) is 0 Å². The van der Waals surface area contributed by atoms with E-state index < -0.39 is 0 Å². The Balaban J connectivity index is 1.91. The number of thiophene rings is 1. The van der Waals surface area contributed by atoms with Crippen molar-refractivity contribution < 1.29 is 9.53 Å². The lowest BCUT2D eigenvalue weighted by molar-refractivity contribution is -0.117. The van der Waals surface area contributed by atoms with Crippen molar-refractivity contribution in [3.05, 3.63) is 46.7 Å². The number of rotatable bonds is 6. The highest BCUT2D eigenvalue weighted by molar-refractivity contribution is 7.10. The molecular weight excluding hydrogens is 284 g/mol. The zero-order valence-corrected chi connectivity index (χ0v) is 13.3. The van der Waals surface area contributed by atoms with Gasteiger partial charge in [0, 0.05) is 22.7 Å². The van der Waals surface area contributed by atoms with E-state index in [4.69, 9.17) is 4.74 Å². The Morgan fingerprint density at radius 1 is 1.38 bits per heavy atom. The molecule has 1 aromatic carbocycles. The summed E-state index contributed by atoms with van der Waals surface area (Å²) in [5.74, 6) is 0.697. The molecule has 4 nitrogen and oxygen atoms in total. The SMILES string of the molecule is COc1cccc(NC(=O)CN(C)C(C)c2cccs2)c1. The number of likely N-dealkylation sites (N-methyl/N-ethyl adjacent to an activating group) is 1. The van der Waals surface area contributed by atoms with Gasteiger partial charge in [0.2, 0.25) is 5.91 Å². The summed E-state index contributed by atoms with van der Waals surface area (Å²) < 4.78 is 5.14. The maximum absolute atomic E-state index is 12.1. The van der Waals surface area contributed by atoms with Crippen LogP contribution >= 0.6 is 11.3 Å². The number of ether oxygens (including phenoxy) is 1. The van der Waals surface area contributed by atoms with E-state index in [0.717, 1.165) is 11.4 Å². The van der Waals surface area contributed by atoms with Crippen molar-refractivity contribution in [3.63, 3.8) is 0 Å². The standard InChI is InChI=1S/C16H20N2O2S/c1-12(15-8-5-9-21-15)18(2)11-16(19)17-13-6-4-7-14(10-13)20-3/h4-10,12H,11H2,1-3H3,(H,17,19). The van der Waals surface area contributed by atoms with Crippen LogP contribution in [0.4, 0.5) is 5.69 Å². The molecular formula is C16H20N2O2S. The van der Waals surface area contributed by atoms with E-state index in [9.17, 15) is 4.79 Å². The first-order chi connectivity index (χ1) is 10.1. The first kappa shape index (κ1) is 15.5. The van der Waals surface area contributed by atoms with E-state index in [2.05, 4.69) is 23.7 Å². The van der Waals surface area contributed by atoms with Crippen LogP contribution in [-0.2, 0) is 4.79 Å². The lowest BCUT2D eigenvalue weighted by Gasteiger charge is -2.23. The lowest BCUT2D eigenvalue weighted by Crippen LogP contribution is -2.31. The maximum atomic E-state index is 12.1. The second-order valence-electron chi connectivity index (χ2n) is 4.89. The molecule has 1 heterocycles. The molecule has 0 bridgehead atoms. The number of hydrogen-bond acceptors (Lipinski definition) is 4. The molecule has 0 aliphatic heterocycles. The Kier molecular flexibility index (Phi) is 5.36. The van der Waals surface area contributed by atoms with Gasteiger partial charge in [0.1, 0.15) is 5.75 Å². The molecule has 0 saturated carbocycles. The monoisotopic (exact) mass is 304 g/mol. The normalized spacial score (nSPS) is 12.2. The van der Waals surface area contributed by atoms with Gasteiger partial charge in [-0.3, -0.25) is 9.69 Å². The van der Waals surface area contributed by atoms with Gasteiger partial charge in [-0.25, -0.2) is 0 Å². The van der Waals surface area contributed by atoms with Crippen LogP contribution in [0.5, 0.6) is 5.75 Å². The van der Waals surface area contributed by atoms with E-state index >= 15 is 0 Å². The van der Waals surface area contributed by atoms with Crippen LogP contribution in [0.25, 0.3) is 0 Å². The van der Waals surface area contributed by atoms with Crippen molar-refractivity contribution in [2.24, 2.45) is 0 Å². The van der Waals surface area contributed by atoms with Crippen LogP contribution in [0.15, 0.2) is 41.8 Å². The molecule has 21 heavy (non-hydrogen) atoms. The third kappa shape index (κ3) is 4.31. The number of hydrogen-bond donors (Lipinski definition) is 1. The second-order valence-corrected chi connectivity index (χ2v) is 5.87. The fourth-order valence-electron chi connectivity index (χ4n) is 2.01. The summed E-state index contributed by atoms with van der Waals surface area (Å²) in [5, 5.41) is 4.94. The zero-order chi connectivity index (χ0) is 15.2. The van der Waals surface area contributed by atoms with Gasteiger partial charge >= 0.3 is 0 Å². The van der Waals surface area contributed by atoms with Gasteiger partial charge in [0.25, 0.3) is 0 Å². The molecule has 1 amide bonds. The van der Waals surface area contributed by atoms with Crippen molar-refractivity contribution in [2.45, 2.75) is 13.0 Å². The highest BCUT2D eigenvalue weighted by Crippen LogP contribution is 2.23. The lowest BCUT2D eigenvalue weighted by atomic mass is 10.2. The minimum atomic E-state index is -0.0332. The smallest absolute Gasteiger partial charge is 0.238 e. The molecule has 1 N–H and O–H groups in total. The number of nitrogens with zero attached hydrogens (tertiary/aromatic N) is 1. The minimum absolute atomic E-state index is 0.0332. The van der Waals surface area contributed by atoms with Gasteiger partial charge in [0.05, 0.1) is 13.7 Å². The Bertz CT molecular complexity index is 584. The quantitative estimate of drug-likeness (QED) is 0.889. The third-order valence-corrected chi connectivity index (χ3v) is 4.41. The highest BCUT2D eigenvalue weighted by atomic mass is 32.1. The number of amides is 1. The first-order valence-electron chi connectivity index (χ1n) is 6.77. The van der Waals surface area contributed by atoms with Crippen LogP contribution < -0.4 is 10.1 Å². The van der Waals surface area contributed by atoms with Crippen LogP contribution in [0.1, 0.15) is 17.8 Å². The summed E-state index contributed by atoms with van der Waals surface area (Å²) in [4.78, 5) is 15.4. The maximum Gasteiger partial charge on any atom is 0.238 e. The fourth-order valence-corrected chi connectivity index (χ4v) is 2.86. The largest absolute Gasteiger partial charge is 0.497 e. The first-order valence-corrected chi connectivity index (χ1v) is 7.65. The van der Waals surface area contributed by atoms with E-state index in [-0.39, 0.29) is 11.9 Å². The summed E-state index contributed by atoms with van der Waals surface area (Å²) >= 11 is 1.71. The summed E-state index contributed by atoms with van der Waals surface area (Å²) in [6.45, 7) is 2.45. The van der Waals surface area contributed by atoms with Crippen molar-refractivity contribution >= 4 is 22.9 Å². The van der Waals surface area contributed by atoms with E-state index in [0.29, 0.717) is 6.54 Å². The van der Waals surface area contributed by atoms with Crippen molar-refractivity contribution in [1.29, 1.82) is 0 Å². The molecule has 2 aromatic rings. The minimum Gasteiger partial charge on any atom is -0.497 e. The van der Waals surface area contributed by atoms with Crippen molar-refractivity contribution in [3.8, 4) is 5.75 Å². The number of benzene rings is 1. The molecule has 0 aliphatic rings. The van der Waals surface area contributed by atoms with E-state index in [1.54, 1.807) is 24.5 Å². The Labute approximate surface area is 129 Å². The van der Waals surface area contributed by atoms with Crippen LogP contribution in [0, 0.1) is 0 Å². The summed E-state index contributed by atoms with van der Waals surface area (Å²) in [5.41, 5.74) is 0.747. The van der Waals surface area contributed by atoms with Crippen LogP contribution in [0.2, 0.25) is 0 Å². The average molecular weight is 304 g/mol. The van der Waals surface area contributed by atoms with Gasteiger partial charge in [-0.1, -0.05) is 12.1 Å². The average Bonchev–Trinajstić information content (AvgIpc) is 3.00. The molecule has 0 radical (unpaired) electrons. The zero-order valence-electron chi connectivity index (χ0n) is 12.5. The number of carbonyl (C=O) groups is 1. The molecule has 0 fully saturated rings. The van der Waals surface area contributed by atoms with Gasteiger partial charge in [-0.05, 0) is 37.6 Å². The fraction of sp³-hybridized carbons (Fsp3) is 0.312. The molecule has 1 atom stereocenters. The molecule has 0 saturated heterocycles. The van der Waals surface area contributed by atoms with Crippen LogP contribution in [-0.4, -0.2) is 31.5 Å². The molecule has 0 spiro atoms. The number of methoxy groups -OCH3 is 1. The Morgan fingerprint density at radius 2 is 2.19 bits per heavy atom. The van der Waals surface area contributed by atoms with Gasteiger partial charge < -0.3 is 10.1 Å². The molecule has 0 aliphatic carbocycles. The molecule has 2 rings (SSSR count). The van der Waals surface area contributed by atoms with Gasteiger partial charge in [0.15, 0.2) is 0 Å². The van der Waals surface area contributed by atoms with Crippen molar-refractivity contribution in [2.75, 3.05) is 26.0 Å². The van der Waals surface area contributed by atoms with Gasteiger partial charge in [-0.15, -0.1) is 11.3 Å². The molecule has 1 unspecified atom stereocenters. The number of carbonyl (C=O) groups excluding carboxylic acids is 1. The Hall–Kier alpha value is -1.85. The molecule has 5 heteroatoms. The highest BCUT2D eigenvalue weighted by Gasteiger charge is 2.15.